The molecule has 7 heteroatoms. The molecule has 1 atom stereocenters. The van der Waals surface area contributed by atoms with E-state index in [0.717, 1.165) is 17.7 Å². The Morgan fingerprint density at radius 3 is 2.10 bits per heavy atom. The molecule has 0 amide bonds. The molecule has 1 fully saturated rings. The van der Waals surface area contributed by atoms with E-state index in [1.165, 1.54) is 21.6 Å². The lowest BCUT2D eigenvalue weighted by molar-refractivity contribution is 0.595. The molecule has 0 spiro atoms. The van der Waals surface area contributed by atoms with Crippen molar-refractivity contribution in [2.45, 2.75) is 43.5 Å². The fourth-order valence-electron chi connectivity index (χ4n) is 1.97. The van der Waals surface area contributed by atoms with Crippen LogP contribution in [0.3, 0.4) is 0 Å². The van der Waals surface area contributed by atoms with Crippen LogP contribution in [0.1, 0.15) is 25.7 Å². The normalized spacial score (nSPS) is 28.9. The molecule has 0 heterocycles. The SMILES string of the molecule is ClC1(Cl)CCCCC(Cl)(SSc2ccccc2)C1(Cl)Cl. The number of rotatable bonds is 3. The number of hydrogen-bond acceptors (Lipinski definition) is 2. The maximum Gasteiger partial charge on any atom is 0.179 e. The van der Waals surface area contributed by atoms with Gasteiger partial charge >= 0.3 is 0 Å². The van der Waals surface area contributed by atoms with Crippen molar-refractivity contribution in [3.63, 3.8) is 0 Å². The molecule has 0 N–H and O–H groups in total. The van der Waals surface area contributed by atoms with Crippen LogP contribution in [-0.4, -0.2) is 12.9 Å². The van der Waals surface area contributed by atoms with Crippen LogP contribution in [0, 0.1) is 0 Å². The smallest absolute Gasteiger partial charge is 0.103 e. The Bertz CT molecular complexity index is 451. The largest absolute Gasteiger partial charge is 0.179 e. The van der Waals surface area contributed by atoms with Crippen molar-refractivity contribution in [2.24, 2.45) is 0 Å². The molecule has 1 aromatic rings. The zero-order valence-corrected chi connectivity index (χ0v) is 15.8. The van der Waals surface area contributed by atoms with Gasteiger partial charge in [0.2, 0.25) is 0 Å². The highest BCUT2D eigenvalue weighted by Crippen LogP contribution is 2.64. The van der Waals surface area contributed by atoms with Crippen molar-refractivity contribution < 1.29 is 0 Å². The van der Waals surface area contributed by atoms with Gasteiger partial charge in [0.05, 0.1) is 0 Å². The number of alkyl halides is 5. The zero-order chi connectivity index (χ0) is 14.9. The molecule has 0 radical (unpaired) electrons. The Kier molecular flexibility index (Phi) is 6.08. The second-order valence-corrected chi connectivity index (χ2v) is 10.9. The molecule has 0 saturated heterocycles. The average molecular weight is 411 g/mol. The Balaban J connectivity index is 2.18. The molecule has 1 unspecified atom stereocenters. The molecule has 0 bridgehead atoms. The van der Waals surface area contributed by atoms with E-state index in [1.807, 2.05) is 30.3 Å². The maximum atomic E-state index is 6.71. The summed E-state index contributed by atoms with van der Waals surface area (Å²) in [6.45, 7) is 0. The van der Waals surface area contributed by atoms with Crippen molar-refractivity contribution in [1.82, 2.24) is 0 Å². The number of benzene rings is 1. The Hall–Kier alpha value is 1.37. The minimum atomic E-state index is -1.42. The van der Waals surface area contributed by atoms with E-state index in [0.29, 0.717) is 12.8 Å². The van der Waals surface area contributed by atoms with Gasteiger partial charge in [-0.15, -0.1) is 11.6 Å². The van der Waals surface area contributed by atoms with Crippen LogP contribution in [0.4, 0.5) is 0 Å². The van der Waals surface area contributed by atoms with E-state index in [9.17, 15) is 0 Å². The highest BCUT2D eigenvalue weighted by molar-refractivity contribution is 8.77. The highest BCUT2D eigenvalue weighted by Gasteiger charge is 2.61. The van der Waals surface area contributed by atoms with Gasteiger partial charge in [-0.1, -0.05) is 99.0 Å². The van der Waals surface area contributed by atoms with Crippen molar-refractivity contribution >= 4 is 79.6 Å². The molecule has 1 aliphatic rings. The van der Waals surface area contributed by atoms with Crippen LogP contribution in [0.15, 0.2) is 35.2 Å². The minimum absolute atomic E-state index is 0.536. The van der Waals surface area contributed by atoms with Gasteiger partial charge in [-0.2, -0.15) is 0 Å². The fraction of sp³-hybridized carbons (Fsp3) is 0.538. The van der Waals surface area contributed by atoms with Crippen LogP contribution in [-0.2, 0) is 0 Å². The molecule has 0 aromatic heterocycles. The van der Waals surface area contributed by atoms with E-state index in [1.54, 1.807) is 0 Å². The molecule has 20 heavy (non-hydrogen) atoms. The van der Waals surface area contributed by atoms with E-state index < -0.39 is 12.9 Å². The lowest BCUT2D eigenvalue weighted by atomic mass is 10.1. The predicted octanol–water partition coefficient (Wildman–Crippen LogP) is 7.28. The topological polar surface area (TPSA) is 0 Å². The first-order valence-corrected chi connectivity index (χ1v) is 10.2. The number of halogens is 5. The predicted molar refractivity (Wildman–Crippen MR) is 95.8 cm³/mol. The van der Waals surface area contributed by atoms with Crippen molar-refractivity contribution in [2.75, 3.05) is 0 Å². The van der Waals surface area contributed by atoms with E-state index in [4.69, 9.17) is 58.0 Å². The first kappa shape index (κ1) is 17.7. The molecule has 2 rings (SSSR count). The Morgan fingerprint density at radius 2 is 1.45 bits per heavy atom. The first-order valence-electron chi connectivity index (χ1n) is 6.14. The van der Waals surface area contributed by atoms with Crippen molar-refractivity contribution in [1.29, 1.82) is 0 Å². The molecule has 112 valence electrons. The lowest BCUT2D eigenvalue weighted by Crippen LogP contribution is -2.49. The monoisotopic (exact) mass is 408 g/mol. The lowest BCUT2D eigenvalue weighted by Gasteiger charge is -2.41. The Morgan fingerprint density at radius 1 is 0.850 bits per heavy atom. The van der Waals surface area contributed by atoms with Gasteiger partial charge in [0, 0.05) is 4.90 Å². The summed E-state index contributed by atoms with van der Waals surface area (Å²) in [5, 5.41) is 0. The van der Waals surface area contributed by atoms with Gasteiger partial charge < -0.3 is 0 Å². The summed E-state index contributed by atoms with van der Waals surface area (Å²) >= 11 is 32.3. The summed E-state index contributed by atoms with van der Waals surface area (Å²) in [5.41, 5.74) is 0. The molecule has 1 aromatic carbocycles. The average Bonchev–Trinajstić information content (AvgIpc) is 2.49. The van der Waals surface area contributed by atoms with Gasteiger partial charge in [-0.3, -0.25) is 0 Å². The fourth-order valence-corrected chi connectivity index (χ4v) is 6.88. The standard InChI is InChI=1S/C13H13Cl5S2/c14-11(15)8-4-5-9-12(16,13(11,17)18)20-19-10-6-2-1-3-7-10/h1-3,6-7H,4-5,8-9H2. The minimum Gasteiger partial charge on any atom is -0.103 e. The Labute approximate surface area is 152 Å². The summed E-state index contributed by atoms with van der Waals surface area (Å²) in [5.74, 6) is 0. The van der Waals surface area contributed by atoms with Crippen LogP contribution in [0.25, 0.3) is 0 Å². The van der Waals surface area contributed by atoms with Gasteiger partial charge in [0.1, 0.15) is 4.21 Å². The van der Waals surface area contributed by atoms with E-state index >= 15 is 0 Å². The summed E-state index contributed by atoms with van der Waals surface area (Å²) in [4.78, 5) is 1.08. The molecule has 1 saturated carbocycles. The molecule has 0 aliphatic heterocycles. The van der Waals surface area contributed by atoms with Gasteiger partial charge in [0.15, 0.2) is 8.67 Å². The number of hydrogen-bond donors (Lipinski definition) is 0. The summed E-state index contributed by atoms with van der Waals surface area (Å²) in [7, 11) is 2.96. The third-order valence-electron chi connectivity index (χ3n) is 3.18. The van der Waals surface area contributed by atoms with Crippen LogP contribution >= 0.6 is 79.6 Å². The third kappa shape index (κ3) is 3.64. The third-order valence-corrected chi connectivity index (χ3v) is 10.2. The van der Waals surface area contributed by atoms with Crippen molar-refractivity contribution in [3.8, 4) is 0 Å². The summed E-state index contributed by atoms with van der Waals surface area (Å²) < 4.78 is -3.61. The first-order chi connectivity index (χ1) is 9.29. The summed E-state index contributed by atoms with van der Waals surface area (Å²) in [6, 6.07) is 9.92. The highest BCUT2D eigenvalue weighted by atomic mass is 35.5. The molecular weight excluding hydrogens is 398 g/mol. The van der Waals surface area contributed by atoms with E-state index in [-0.39, 0.29) is 0 Å². The van der Waals surface area contributed by atoms with Crippen molar-refractivity contribution in [3.05, 3.63) is 30.3 Å². The molecular formula is C13H13Cl5S2. The van der Waals surface area contributed by atoms with Crippen LogP contribution < -0.4 is 0 Å². The van der Waals surface area contributed by atoms with Gasteiger partial charge in [-0.25, -0.2) is 0 Å². The maximum absolute atomic E-state index is 6.71. The van der Waals surface area contributed by atoms with Gasteiger partial charge in [0.25, 0.3) is 0 Å². The molecule has 0 nitrogen and oxygen atoms in total. The zero-order valence-electron chi connectivity index (χ0n) is 10.4. The molecule has 1 aliphatic carbocycles. The quantitative estimate of drug-likeness (QED) is 0.292. The van der Waals surface area contributed by atoms with E-state index in [2.05, 4.69) is 0 Å². The van der Waals surface area contributed by atoms with Crippen LogP contribution in [0.5, 0.6) is 0 Å². The second-order valence-electron chi connectivity index (χ2n) is 4.69. The van der Waals surface area contributed by atoms with Gasteiger partial charge in [-0.05, 0) is 25.0 Å². The van der Waals surface area contributed by atoms with Crippen LogP contribution in [0.2, 0.25) is 0 Å². The second kappa shape index (κ2) is 6.86. The summed E-state index contributed by atoms with van der Waals surface area (Å²) in [6.07, 6.45) is 2.95.